The van der Waals surface area contributed by atoms with Crippen LogP contribution in [0.1, 0.15) is 20.3 Å². The van der Waals surface area contributed by atoms with Crippen LogP contribution in [0.5, 0.6) is 0 Å². The van der Waals surface area contributed by atoms with Gasteiger partial charge in [-0.1, -0.05) is 13.8 Å². The van der Waals surface area contributed by atoms with Crippen molar-refractivity contribution in [1.82, 2.24) is 0 Å². The second kappa shape index (κ2) is 5.56. The topological polar surface area (TPSA) is 52.6 Å². The van der Waals surface area contributed by atoms with Crippen LogP contribution in [-0.4, -0.2) is 26.2 Å². The van der Waals surface area contributed by atoms with Crippen LogP contribution in [0, 0.1) is 11.8 Å². The number of rotatable bonds is 4. The molecule has 0 N–H and O–H groups in total. The van der Waals surface area contributed by atoms with E-state index >= 15 is 0 Å². The van der Waals surface area contributed by atoms with E-state index in [2.05, 4.69) is 9.47 Å². The molecule has 4 nitrogen and oxygen atoms in total. The van der Waals surface area contributed by atoms with E-state index in [9.17, 15) is 9.59 Å². The van der Waals surface area contributed by atoms with Crippen molar-refractivity contribution in [3.63, 3.8) is 0 Å². The van der Waals surface area contributed by atoms with E-state index in [1.807, 2.05) is 6.92 Å². The Morgan fingerprint density at radius 2 is 1.62 bits per heavy atom. The van der Waals surface area contributed by atoms with Gasteiger partial charge in [0.1, 0.15) is 0 Å². The number of carbonyl (C=O) groups is 2. The summed E-state index contributed by atoms with van der Waals surface area (Å²) in [4.78, 5) is 22.3. The first-order valence-corrected chi connectivity index (χ1v) is 4.24. The molecule has 0 radical (unpaired) electrons. The van der Waals surface area contributed by atoms with E-state index in [4.69, 9.17) is 0 Å². The zero-order valence-corrected chi connectivity index (χ0v) is 8.49. The third-order valence-electron chi connectivity index (χ3n) is 2.12. The van der Waals surface area contributed by atoms with Gasteiger partial charge in [0.05, 0.1) is 26.1 Å². The van der Waals surface area contributed by atoms with Crippen molar-refractivity contribution in [2.75, 3.05) is 14.2 Å². The zero-order chi connectivity index (χ0) is 10.4. The predicted octanol–water partition coefficient (Wildman–Crippen LogP) is 0.995. The van der Waals surface area contributed by atoms with Crippen LogP contribution in [0.4, 0.5) is 0 Å². The molecule has 0 bridgehead atoms. The number of methoxy groups -OCH3 is 2. The highest BCUT2D eigenvalue weighted by Crippen LogP contribution is 2.18. The average molecular weight is 188 g/mol. The van der Waals surface area contributed by atoms with E-state index in [0.29, 0.717) is 6.42 Å². The Morgan fingerprint density at radius 3 is 1.92 bits per heavy atom. The molecule has 76 valence electrons. The fraction of sp³-hybridized carbons (Fsp3) is 0.778. The normalized spacial score (nSPS) is 14.5. The van der Waals surface area contributed by atoms with Gasteiger partial charge in [0, 0.05) is 0 Å². The molecule has 0 saturated carbocycles. The summed E-state index contributed by atoms with van der Waals surface area (Å²) in [6.07, 6.45) is 0.572. The molecular weight excluding hydrogens is 172 g/mol. The van der Waals surface area contributed by atoms with Crippen LogP contribution in [0.3, 0.4) is 0 Å². The zero-order valence-electron chi connectivity index (χ0n) is 8.49. The Labute approximate surface area is 78.2 Å². The second-order valence-electron chi connectivity index (χ2n) is 2.85. The van der Waals surface area contributed by atoms with Gasteiger partial charge in [0.2, 0.25) is 0 Å². The molecule has 0 heterocycles. The standard InChI is InChI=1S/C9H16O4/c1-5-7(9(11)13-4)6(2)8(10)12-3/h6-7H,5H2,1-4H3/t6-,7+/m1/s1. The third kappa shape index (κ3) is 3.05. The van der Waals surface area contributed by atoms with Gasteiger partial charge in [-0.15, -0.1) is 0 Å². The van der Waals surface area contributed by atoms with Crippen molar-refractivity contribution < 1.29 is 19.1 Å². The minimum Gasteiger partial charge on any atom is -0.469 e. The Hall–Kier alpha value is -1.06. The van der Waals surface area contributed by atoms with Gasteiger partial charge in [-0.3, -0.25) is 9.59 Å². The van der Waals surface area contributed by atoms with Crippen LogP contribution < -0.4 is 0 Å². The highest BCUT2D eigenvalue weighted by molar-refractivity contribution is 5.81. The predicted molar refractivity (Wildman–Crippen MR) is 47.0 cm³/mol. The lowest BCUT2D eigenvalue weighted by atomic mass is 9.92. The van der Waals surface area contributed by atoms with E-state index in [0.717, 1.165) is 0 Å². The van der Waals surface area contributed by atoms with Crippen molar-refractivity contribution in [3.05, 3.63) is 0 Å². The maximum absolute atomic E-state index is 11.2. The number of hydrogen-bond donors (Lipinski definition) is 0. The quantitative estimate of drug-likeness (QED) is 0.617. The number of esters is 2. The molecule has 0 spiro atoms. The van der Waals surface area contributed by atoms with Crippen LogP contribution in [0.2, 0.25) is 0 Å². The van der Waals surface area contributed by atoms with Crippen LogP contribution in [0.25, 0.3) is 0 Å². The molecule has 13 heavy (non-hydrogen) atoms. The van der Waals surface area contributed by atoms with Gasteiger partial charge < -0.3 is 9.47 Å². The summed E-state index contributed by atoms with van der Waals surface area (Å²) in [5, 5.41) is 0. The van der Waals surface area contributed by atoms with Gasteiger partial charge in [0.25, 0.3) is 0 Å². The summed E-state index contributed by atoms with van der Waals surface area (Å²) in [7, 11) is 2.62. The van der Waals surface area contributed by atoms with E-state index in [-0.39, 0.29) is 11.9 Å². The van der Waals surface area contributed by atoms with Crippen molar-refractivity contribution in [2.45, 2.75) is 20.3 Å². The minimum atomic E-state index is -0.442. The van der Waals surface area contributed by atoms with Gasteiger partial charge in [-0.25, -0.2) is 0 Å². The summed E-state index contributed by atoms with van der Waals surface area (Å²) < 4.78 is 9.12. The van der Waals surface area contributed by atoms with E-state index in [1.54, 1.807) is 6.92 Å². The van der Waals surface area contributed by atoms with Gasteiger partial charge in [-0.05, 0) is 6.42 Å². The summed E-state index contributed by atoms with van der Waals surface area (Å²) in [6, 6.07) is 0. The largest absolute Gasteiger partial charge is 0.469 e. The van der Waals surface area contributed by atoms with E-state index < -0.39 is 11.8 Å². The summed E-state index contributed by atoms with van der Waals surface area (Å²) in [6.45, 7) is 3.50. The Balaban J connectivity index is 4.39. The highest BCUT2D eigenvalue weighted by atomic mass is 16.5. The molecule has 0 aliphatic carbocycles. The Kier molecular flexibility index (Phi) is 5.11. The Morgan fingerprint density at radius 1 is 1.15 bits per heavy atom. The number of hydrogen-bond acceptors (Lipinski definition) is 4. The highest BCUT2D eigenvalue weighted by Gasteiger charge is 2.29. The molecule has 0 aromatic heterocycles. The SMILES string of the molecule is CC[C@H](C(=O)OC)[C@@H](C)C(=O)OC. The lowest BCUT2D eigenvalue weighted by Gasteiger charge is -2.17. The van der Waals surface area contributed by atoms with Crippen molar-refractivity contribution in [3.8, 4) is 0 Å². The van der Waals surface area contributed by atoms with Gasteiger partial charge in [0.15, 0.2) is 0 Å². The molecule has 0 aromatic rings. The summed E-state index contributed by atoms with van der Waals surface area (Å²) >= 11 is 0. The first kappa shape index (κ1) is 11.9. The lowest BCUT2D eigenvalue weighted by molar-refractivity contribution is -0.156. The molecule has 0 unspecified atom stereocenters. The van der Waals surface area contributed by atoms with Crippen LogP contribution >= 0.6 is 0 Å². The van der Waals surface area contributed by atoms with Crippen molar-refractivity contribution in [1.29, 1.82) is 0 Å². The molecule has 0 aliphatic rings. The summed E-state index contributed by atoms with van der Waals surface area (Å²) in [5.74, 6) is -1.59. The van der Waals surface area contributed by atoms with E-state index in [1.165, 1.54) is 14.2 Å². The number of carbonyl (C=O) groups excluding carboxylic acids is 2. The van der Waals surface area contributed by atoms with Gasteiger partial charge >= 0.3 is 11.9 Å². The van der Waals surface area contributed by atoms with Crippen molar-refractivity contribution >= 4 is 11.9 Å². The lowest BCUT2D eigenvalue weighted by Crippen LogP contribution is -2.29. The maximum Gasteiger partial charge on any atom is 0.309 e. The fourth-order valence-corrected chi connectivity index (χ4v) is 1.23. The van der Waals surface area contributed by atoms with Gasteiger partial charge in [-0.2, -0.15) is 0 Å². The smallest absolute Gasteiger partial charge is 0.309 e. The van der Waals surface area contributed by atoms with Crippen LogP contribution in [-0.2, 0) is 19.1 Å². The molecule has 0 aliphatic heterocycles. The maximum atomic E-state index is 11.2. The molecule has 0 aromatic carbocycles. The monoisotopic (exact) mass is 188 g/mol. The Bertz CT molecular complexity index is 188. The minimum absolute atomic E-state index is 0.361. The summed E-state index contributed by atoms with van der Waals surface area (Å²) in [5.41, 5.74) is 0. The molecular formula is C9H16O4. The second-order valence-corrected chi connectivity index (χ2v) is 2.85. The molecule has 0 fully saturated rings. The van der Waals surface area contributed by atoms with Crippen LogP contribution in [0.15, 0.2) is 0 Å². The molecule has 0 saturated heterocycles. The molecule has 0 rings (SSSR count). The molecule has 0 amide bonds. The number of ether oxygens (including phenoxy) is 2. The first-order chi connectivity index (χ1) is 6.08. The third-order valence-corrected chi connectivity index (χ3v) is 2.12. The fourth-order valence-electron chi connectivity index (χ4n) is 1.23. The van der Waals surface area contributed by atoms with Crippen molar-refractivity contribution in [2.24, 2.45) is 11.8 Å². The molecule has 4 heteroatoms. The molecule has 2 atom stereocenters. The first-order valence-electron chi connectivity index (χ1n) is 4.24. The average Bonchev–Trinajstić information content (AvgIpc) is 2.17.